The molecule has 0 unspecified atom stereocenters. The number of nitrogens with zero attached hydrogens (tertiary/aromatic N) is 3. The van der Waals surface area contributed by atoms with Crippen LogP contribution in [-0.4, -0.2) is 14.9 Å². The van der Waals surface area contributed by atoms with Crippen molar-refractivity contribution >= 4 is 11.8 Å². The molecule has 96 valence electrons. The lowest BCUT2D eigenvalue weighted by molar-refractivity contribution is 0.825. The lowest BCUT2D eigenvalue weighted by atomic mass is 10.0. The molecule has 0 fully saturated rings. The van der Waals surface area contributed by atoms with Gasteiger partial charge in [-0.05, 0) is 44.4 Å². The van der Waals surface area contributed by atoms with Crippen LogP contribution in [0.2, 0.25) is 0 Å². The molecule has 0 amide bonds. The minimum Gasteiger partial charge on any atom is -0.336 e. The number of hydrogen-bond donors (Lipinski definition) is 1. The van der Waals surface area contributed by atoms with E-state index in [2.05, 4.69) is 43.1 Å². The number of thioether (sulfide) groups is 1. The predicted octanol–water partition coefficient (Wildman–Crippen LogP) is 2.52. The van der Waals surface area contributed by atoms with Gasteiger partial charge in [-0.2, -0.15) is 0 Å². The molecule has 0 aliphatic rings. The van der Waals surface area contributed by atoms with E-state index < -0.39 is 0 Å². The molecule has 1 aromatic heterocycles. The summed E-state index contributed by atoms with van der Waals surface area (Å²) in [4.78, 5) is 0. The highest BCUT2D eigenvalue weighted by molar-refractivity contribution is 7.98. The van der Waals surface area contributed by atoms with Crippen molar-refractivity contribution in [2.45, 2.75) is 38.6 Å². The molecular weight excluding hydrogens is 244 g/mol. The third-order valence-corrected chi connectivity index (χ3v) is 3.99. The first-order valence-corrected chi connectivity index (χ1v) is 6.84. The maximum atomic E-state index is 5.84. The fourth-order valence-electron chi connectivity index (χ4n) is 2.02. The maximum Gasteiger partial charge on any atom is 0.210 e. The Kier molecular flexibility index (Phi) is 3.61. The highest BCUT2D eigenvalue weighted by atomic mass is 32.2. The molecule has 0 saturated heterocycles. The van der Waals surface area contributed by atoms with Gasteiger partial charge in [-0.25, -0.2) is 4.68 Å². The second kappa shape index (κ2) is 5.02. The summed E-state index contributed by atoms with van der Waals surface area (Å²) in [7, 11) is 0. The van der Waals surface area contributed by atoms with Crippen LogP contribution in [0.25, 0.3) is 0 Å². The molecule has 1 heterocycles. The monoisotopic (exact) mass is 262 g/mol. The predicted molar refractivity (Wildman–Crippen MR) is 75.1 cm³/mol. The van der Waals surface area contributed by atoms with Gasteiger partial charge in [0.25, 0.3) is 0 Å². The molecule has 0 saturated carbocycles. The van der Waals surface area contributed by atoms with Crippen LogP contribution in [0.15, 0.2) is 17.3 Å². The van der Waals surface area contributed by atoms with Crippen molar-refractivity contribution in [2.75, 3.05) is 5.84 Å². The van der Waals surface area contributed by atoms with Gasteiger partial charge in [0.1, 0.15) is 5.82 Å². The zero-order valence-electron chi connectivity index (χ0n) is 11.2. The van der Waals surface area contributed by atoms with Crippen LogP contribution in [0.4, 0.5) is 0 Å². The Labute approximate surface area is 112 Å². The third-order valence-electron chi connectivity index (χ3n) is 3.02. The van der Waals surface area contributed by atoms with E-state index in [0.717, 1.165) is 16.7 Å². The molecule has 5 heteroatoms. The lowest BCUT2D eigenvalue weighted by Crippen LogP contribution is -2.11. The van der Waals surface area contributed by atoms with E-state index in [-0.39, 0.29) is 0 Å². The van der Waals surface area contributed by atoms with Gasteiger partial charge in [0.05, 0.1) is 0 Å². The Morgan fingerprint density at radius 2 is 1.72 bits per heavy atom. The van der Waals surface area contributed by atoms with Gasteiger partial charge >= 0.3 is 0 Å². The molecule has 18 heavy (non-hydrogen) atoms. The van der Waals surface area contributed by atoms with Crippen LogP contribution in [0, 0.1) is 27.7 Å². The number of nitrogen functional groups attached to an aromatic ring is 1. The number of benzene rings is 1. The molecule has 2 aromatic rings. The average molecular weight is 262 g/mol. The third kappa shape index (κ3) is 2.51. The minimum atomic E-state index is 0.731. The molecule has 0 atom stereocenters. The van der Waals surface area contributed by atoms with E-state index in [4.69, 9.17) is 5.84 Å². The number of aromatic nitrogens is 3. The summed E-state index contributed by atoms with van der Waals surface area (Å²) in [6, 6.07) is 4.42. The molecular formula is C13H18N4S. The molecule has 0 spiro atoms. The Balaban J connectivity index is 2.18. The Morgan fingerprint density at radius 1 is 1.11 bits per heavy atom. The van der Waals surface area contributed by atoms with Crippen LogP contribution in [0.3, 0.4) is 0 Å². The number of hydrogen-bond acceptors (Lipinski definition) is 4. The van der Waals surface area contributed by atoms with Crippen LogP contribution < -0.4 is 5.84 Å². The van der Waals surface area contributed by atoms with Gasteiger partial charge < -0.3 is 5.84 Å². The van der Waals surface area contributed by atoms with Gasteiger partial charge in [0.15, 0.2) is 0 Å². The van der Waals surface area contributed by atoms with Gasteiger partial charge in [0, 0.05) is 5.75 Å². The normalized spacial score (nSPS) is 10.9. The first kappa shape index (κ1) is 13.0. The van der Waals surface area contributed by atoms with Gasteiger partial charge in [-0.1, -0.05) is 29.5 Å². The summed E-state index contributed by atoms with van der Waals surface area (Å²) in [5.41, 5.74) is 5.29. The van der Waals surface area contributed by atoms with Crippen molar-refractivity contribution in [3.63, 3.8) is 0 Å². The van der Waals surface area contributed by atoms with E-state index >= 15 is 0 Å². The second-order valence-electron chi connectivity index (χ2n) is 4.57. The molecule has 0 radical (unpaired) electrons. The van der Waals surface area contributed by atoms with Crippen molar-refractivity contribution < 1.29 is 0 Å². The van der Waals surface area contributed by atoms with Crippen molar-refractivity contribution in [3.05, 3.63) is 40.2 Å². The maximum absolute atomic E-state index is 5.84. The summed E-state index contributed by atoms with van der Waals surface area (Å²) in [6.07, 6.45) is 0. The van der Waals surface area contributed by atoms with Gasteiger partial charge in [0.2, 0.25) is 5.16 Å². The Bertz CT molecular complexity index is 551. The lowest BCUT2D eigenvalue weighted by Gasteiger charge is -2.10. The smallest absolute Gasteiger partial charge is 0.210 e. The van der Waals surface area contributed by atoms with Crippen molar-refractivity contribution in [2.24, 2.45) is 0 Å². The van der Waals surface area contributed by atoms with Gasteiger partial charge in [-0.15, -0.1) is 10.2 Å². The summed E-state index contributed by atoms with van der Waals surface area (Å²) in [5, 5.41) is 8.77. The molecule has 0 bridgehead atoms. The molecule has 2 N–H and O–H groups in total. The van der Waals surface area contributed by atoms with E-state index in [9.17, 15) is 0 Å². The SMILES string of the molecule is Cc1cc(C)c(CSc2nnc(C)n2N)c(C)c1. The van der Waals surface area contributed by atoms with Crippen LogP contribution in [-0.2, 0) is 5.75 Å². The van der Waals surface area contributed by atoms with E-state index in [1.807, 2.05) is 6.92 Å². The molecule has 1 aromatic carbocycles. The van der Waals surface area contributed by atoms with E-state index in [0.29, 0.717) is 0 Å². The average Bonchev–Trinajstić information content (AvgIpc) is 2.59. The summed E-state index contributed by atoms with van der Waals surface area (Å²) in [6.45, 7) is 8.26. The Hall–Kier alpha value is -1.49. The molecule has 0 aliphatic heterocycles. The zero-order valence-corrected chi connectivity index (χ0v) is 12.0. The minimum absolute atomic E-state index is 0.731. The molecule has 0 aliphatic carbocycles. The summed E-state index contributed by atoms with van der Waals surface area (Å²) in [5.74, 6) is 7.44. The standard InChI is InChI=1S/C13H18N4S/c1-8-5-9(2)12(10(3)6-8)7-18-13-16-15-11(4)17(13)14/h5-6H,7,14H2,1-4H3. The van der Waals surface area contributed by atoms with Crippen LogP contribution in [0.5, 0.6) is 0 Å². The highest BCUT2D eigenvalue weighted by Gasteiger charge is 2.09. The largest absolute Gasteiger partial charge is 0.336 e. The fourth-order valence-corrected chi connectivity index (χ4v) is 3.12. The number of aryl methyl sites for hydroxylation is 4. The second-order valence-corrected chi connectivity index (χ2v) is 5.51. The van der Waals surface area contributed by atoms with E-state index in [1.165, 1.54) is 26.9 Å². The summed E-state index contributed by atoms with van der Waals surface area (Å²) >= 11 is 1.62. The first-order chi connectivity index (χ1) is 8.49. The van der Waals surface area contributed by atoms with Crippen LogP contribution in [0.1, 0.15) is 28.1 Å². The van der Waals surface area contributed by atoms with Crippen molar-refractivity contribution in [1.29, 1.82) is 0 Å². The fraction of sp³-hybridized carbons (Fsp3) is 0.385. The number of rotatable bonds is 3. The quantitative estimate of drug-likeness (QED) is 0.682. The van der Waals surface area contributed by atoms with Crippen LogP contribution >= 0.6 is 11.8 Å². The zero-order chi connectivity index (χ0) is 13.3. The van der Waals surface area contributed by atoms with E-state index in [1.54, 1.807) is 11.8 Å². The number of nitrogens with two attached hydrogens (primary N) is 1. The first-order valence-electron chi connectivity index (χ1n) is 5.85. The topological polar surface area (TPSA) is 56.7 Å². The van der Waals surface area contributed by atoms with Crippen molar-refractivity contribution in [1.82, 2.24) is 14.9 Å². The highest BCUT2D eigenvalue weighted by Crippen LogP contribution is 2.25. The summed E-state index contributed by atoms with van der Waals surface area (Å²) < 4.78 is 1.53. The van der Waals surface area contributed by atoms with Crippen molar-refractivity contribution in [3.8, 4) is 0 Å². The van der Waals surface area contributed by atoms with Gasteiger partial charge in [-0.3, -0.25) is 0 Å². The Morgan fingerprint density at radius 3 is 2.22 bits per heavy atom. The molecule has 4 nitrogen and oxygen atoms in total. The molecule has 2 rings (SSSR count).